The summed E-state index contributed by atoms with van der Waals surface area (Å²) in [5.74, 6) is -3.12. The van der Waals surface area contributed by atoms with Gasteiger partial charge in [0.1, 0.15) is 37.5 Å². The number of alkyl halides is 6. The van der Waals surface area contributed by atoms with Crippen molar-refractivity contribution < 1.29 is 172 Å². The van der Waals surface area contributed by atoms with Gasteiger partial charge >= 0.3 is 108 Å². The summed E-state index contributed by atoms with van der Waals surface area (Å²) < 4.78 is 101. The molecule has 0 amide bonds. The van der Waals surface area contributed by atoms with Gasteiger partial charge in [-0.25, -0.2) is 17.6 Å². The minimum Gasteiger partial charge on any atom is -0.691 e. The number of ether oxygens (including phenoxy) is 2. The molecule has 2 heterocycles. The molecule has 2 fully saturated rings. The normalized spacial score (nSPS) is 18.2. The van der Waals surface area contributed by atoms with Crippen molar-refractivity contribution in [3.05, 3.63) is 0 Å². The molecule has 0 radical (unpaired) electrons. The zero-order valence-corrected chi connectivity index (χ0v) is 22.7. The van der Waals surface area contributed by atoms with Crippen LogP contribution in [0.2, 0.25) is 0 Å². The Kier molecular flexibility index (Phi) is 37.7. The van der Waals surface area contributed by atoms with Crippen LogP contribution in [0.15, 0.2) is 0 Å². The van der Waals surface area contributed by atoms with Gasteiger partial charge in [-0.05, 0) is 9.05 Å². The van der Waals surface area contributed by atoms with Crippen LogP contribution in [0, 0.1) is 0 Å². The summed E-state index contributed by atoms with van der Waals surface area (Å²) in [6, 6.07) is 0. The van der Waals surface area contributed by atoms with Crippen LogP contribution < -0.4 is 108 Å². The summed E-state index contributed by atoms with van der Waals surface area (Å²) in [5, 5.41) is 7.74. The minimum absolute atomic E-state index is 0. The maximum Gasteiger partial charge on any atom is 1.00 e. The average Bonchev–Trinajstić information content (AvgIpc) is 3.51. The van der Waals surface area contributed by atoms with Crippen molar-refractivity contribution in [3.63, 3.8) is 0 Å². The van der Waals surface area contributed by atoms with Crippen LogP contribution in [0.1, 0.15) is 14.4 Å². The van der Waals surface area contributed by atoms with Crippen molar-refractivity contribution in [2.75, 3.05) is 39.8 Å². The molecular weight excluding hydrogens is 518 g/mol. The van der Waals surface area contributed by atoms with Crippen LogP contribution in [-0.4, -0.2) is 63.2 Å². The van der Waals surface area contributed by atoms with Crippen molar-refractivity contribution >= 4 is 12.0 Å². The molecular formula is C12H21F8K2O7S+. The van der Waals surface area contributed by atoms with Crippen LogP contribution in [0.4, 0.5) is 35.4 Å². The molecule has 0 aromatic rings. The van der Waals surface area contributed by atoms with Crippen LogP contribution in [0.3, 0.4) is 0 Å². The topological polar surface area (TPSA) is 85.0 Å². The predicted molar refractivity (Wildman–Crippen MR) is 77.6 cm³/mol. The third-order valence-corrected chi connectivity index (χ3v) is 2.35. The smallest absolute Gasteiger partial charge is 0.691 e. The molecule has 0 bridgehead atoms. The first-order valence-electron chi connectivity index (χ1n) is 6.77. The number of epoxide rings is 2. The first kappa shape index (κ1) is 42.9. The zero-order chi connectivity index (χ0) is 21.3. The summed E-state index contributed by atoms with van der Waals surface area (Å²) in [4.78, 5) is 6.48. The van der Waals surface area contributed by atoms with Gasteiger partial charge in [-0.3, -0.25) is 5.04 Å². The Labute approximate surface area is 257 Å². The predicted octanol–water partition coefficient (Wildman–Crippen LogP) is -2.75. The van der Waals surface area contributed by atoms with E-state index in [0.29, 0.717) is 20.1 Å². The SMILES string of the molecule is C.CC(F)(F)CF.FOCC1CO1.FOCC1CO1.[K+].[K+].[O-]OOSC(F)(F)CF. The summed E-state index contributed by atoms with van der Waals surface area (Å²) >= 11 is -0.664. The third kappa shape index (κ3) is 41.1. The summed E-state index contributed by atoms with van der Waals surface area (Å²) in [7, 11) is 0. The fourth-order valence-electron chi connectivity index (χ4n) is 0.555. The Morgan fingerprint density at radius 3 is 1.40 bits per heavy atom. The van der Waals surface area contributed by atoms with Gasteiger partial charge in [0.15, 0.2) is 13.3 Å². The first-order chi connectivity index (χ1) is 12.5. The summed E-state index contributed by atoms with van der Waals surface area (Å²) in [6.07, 6.45) is 0.102. The maximum atomic E-state index is 11.6. The van der Waals surface area contributed by atoms with E-state index in [4.69, 9.17) is 5.26 Å². The standard InChI is InChI=1S/C3H5F3.2C3H5FO2.C2H3F3O3S.CH4.2K/c1-3(5,6)2-4;2*4-6-2-3-1-5-3;3-1-2(4,5)9-8-7-6;;;/h2H2,1H3;2*3H,1-2H2;6H,1H2;1H4;;/q;;;;;2*+1/p-1. The molecule has 2 unspecified atom stereocenters. The van der Waals surface area contributed by atoms with E-state index in [1.165, 1.54) is 0 Å². The Balaban J connectivity index is -0.0000000908. The Morgan fingerprint density at radius 2 is 1.27 bits per heavy atom. The minimum atomic E-state index is -3.70. The van der Waals surface area contributed by atoms with Gasteiger partial charge in [0.05, 0.1) is 13.2 Å². The van der Waals surface area contributed by atoms with Crippen LogP contribution in [0.25, 0.3) is 0 Å². The molecule has 0 aromatic carbocycles. The van der Waals surface area contributed by atoms with Crippen molar-refractivity contribution in [2.45, 2.75) is 37.7 Å². The van der Waals surface area contributed by atoms with Crippen molar-refractivity contribution in [2.24, 2.45) is 0 Å². The molecule has 174 valence electrons. The van der Waals surface area contributed by atoms with Gasteiger partial charge in [-0.2, -0.15) is 23.0 Å². The van der Waals surface area contributed by atoms with Gasteiger partial charge in [0.2, 0.25) is 0 Å². The van der Waals surface area contributed by atoms with Crippen LogP contribution >= 0.6 is 12.0 Å². The van der Waals surface area contributed by atoms with E-state index in [1.807, 2.05) is 0 Å². The first-order valence-corrected chi connectivity index (χ1v) is 7.51. The van der Waals surface area contributed by atoms with E-state index in [1.54, 1.807) is 0 Å². The quantitative estimate of drug-likeness (QED) is 0.0779. The van der Waals surface area contributed by atoms with Crippen molar-refractivity contribution in [3.8, 4) is 0 Å². The Morgan fingerprint density at radius 1 is 0.933 bits per heavy atom. The van der Waals surface area contributed by atoms with Crippen LogP contribution in [-0.2, 0) is 28.7 Å². The molecule has 0 N–H and O–H groups in total. The molecule has 2 aliphatic rings. The molecule has 0 aromatic heterocycles. The van der Waals surface area contributed by atoms with Gasteiger partial charge < -0.3 is 14.7 Å². The number of halogens is 8. The molecule has 30 heavy (non-hydrogen) atoms. The molecule has 0 saturated carbocycles. The molecule has 2 rings (SSSR count). The molecule has 2 atom stereocenters. The van der Waals surface area contributed by atoms with Crippen molar-refractivity contribution in [1.82, 2.24) is 0 Å². The molecule has 0 aliphatic carbocycles. The molecule has 0 spiro atoms. The maximum absolute atomic E-state index is 11.6. The number of hydrogen-bond acceptors (Lipinski definition) is 8. The Hall–Kier alpha value is 2.78. The second kappa shape index (κ2) is 26.4. The van der Waals surface area contributed by atoms with E-state index in [0.717, 1.165) is 0 Å². The zero-order valence-electron chi connectivity index (χ0n) is 15.7. The average molecular weight is 540 g/mol. The molecule has 2 aliphatic heterocycles. The summed E-state index contributed by atoms with van der Waals surface area (Å²) in [5.41, 5.74) is 0. The van der Waals surface area contributed by atoms with E-state index in [2.05, 4.69) is 28.7 Å². The van der Waals surface area contributed by atoms with Gasteiger partial charge in [-0.1, -0.05) is 7.43 Å². The fourth-order valence-corrected chi connectivity index (χ4v) is 0.727. The van der Waals surface area contributed by atoms with E-state index in [-0.39, 0.29) is 136 Å². The second-order valence-corrected chi connectivity index (χ2v) is 5.56. The number of rotatable bonds is 9. The summed E-state index contributed by atoms with van der Waals surface area (Å²) in [6.45, 7) is -1.42. The van der Waals surface area contributed by atoms with Gasteiger partial charge in [0.25, 0.3) is 5.92 Å². The van der Waals surface area contributed by atoms with E-state index < -0.39 is 36.6 Å². The molecule has 18 heteroatoms. The van der Waals surface area contributed by atoms with Crippen LogP contribution in [0.5, 0.6) is 0 Å². The largest absolute Gasteiger partial charge is 1.00 e. The monoisotopic (exact) mass is 539 g/mol. The molecule has 7 nitrogen and oxygen atoms in total. The van der Waals surface area contributed by atoms with E-state index in [9.17, 15) is 35.4 Å². The van der Waals surface area contributed by atoms with E-state index >= 15 is 0 Å². The fraction of sp³-hybridized carbons (Fsp3) is 1.00. The third-order valence-electron chi connectivity index (χ3n) is 1.88. The number of hydrogen-bond donors (Lipinski definition) is 0. The second-order valence-electron chi connectivity index (χ2n) is 4.66. The molecule has 2 saturated heterocycles. The Bertz CT molecular complexity index is 330. The van der Waals surface area contributed by atoms with Crippen molar-refractivity contribution in [1.29, 1.82) is 0 Å². The van der Waals surface area contributed by atoms with Gasteiger partial charge in [-0.15, -0.1) is 0 Å². The van der Waals surface area contributed by atoms with Gasteiger partial charge in [0, 0.05) is 6.92 Å².